The van der Waals surface area contributed by atoms with E-state index in [0.29, 0.717) is 13.0 Å². The highest BCUT2D eigenvalue weighted by atomic mass is 16.6. The van der Waals surface area contributed by atoms with Gasteiger partial charge in [0.25, 0.3) is 0 Å². The number of hydrogen-bond donors (Lipinski definition) is 3. The zero-order chi connectivity index (χ0) is 14.7. The van der Waals surface area contributed by atoms with E-state index in [0.717, 1.165) is 0 Å². The number of aliphatic carboxylic acids is 1. The molecule has 1 aliphatic rings. The molecule has 1 amide bonds. The zero-order valence-corrected chi connectivity index (χ0v) is 11.6. The Hall–Kier alpha value is -1.34. The molecule has 0 aromatic rings. The minimum absolute atomic E-state index is 0.195. The van der Waals surface area contributed by atoms with E-state index in [-0.39, 0.29) is 13.0 Å². The highest BCUT2D eigenvalue weighted by molar-refractivity contribution is 5.70. The maximum atomic E-state index is 11.8. The number of carboxylic acids is 1. The standard InChI is InChI=1S/C12H22N2O5/c1-11(2,3)19-10(17)14-12(4-5-18-7-12)8(13)6-9(15)16/h8H,4-7,13H2,1-3H3,(H,14,17)(H,15,16). The molecular formula is C12H22N2O5. The van der Waals surface area contributed by atoms with Gasteiger partial charge in [-0.05, 0) is 27.2 Å². The van der Waals surface area contributed by atoms with Crippen LogP contribution in [0.15, 0.2) is 0 Å². The molecule has 2 atom stereocenters. The smallest absolute Gasteiger partial charge is 0.408 e. The van der Waals surface area contributed by atoms with Crippen molar-refractivity contribution in [3.8, 4) is 0 Å². The van der Waals surface area contributed by atoms with Crippen LogP contribution in [0.25, 0.3) is 0 Å². The Labute approximate surface area is 112 Å². The molecular weight excluding hydrogens is 252 g/mol. The number of carbonyl (C=O) groups excluding carboxylic acids is 1. The Morgan fingerprint density at radius 3 is 2.58 bits per heavy atom. The van der Waals surface area contributed by atoms with Gasteiger partial charge < -0.3 is 25.6 Å². The zero-order valence-electron chi connectivity index (χ0n) is 11.6. The van der Waals surface area contributed by atoms with Crippen molar-refractivity contribution in [3.05, 3.63) is 0 Å². The SMILES string of the molecule is CC(C)(C)OC(=O)NC1(C(N)CC(=O)O)CCOC1. The minimum Gasteiger partial charge on any atom is -0.481 e. The van der Waals surface area contributed by atoms with E-state index < -0.39 is 29.2 Å². The minimum atomic E-state index is -1.01. The van der Waals surface area contributed by atoms with Gasteiger partial charge in [0, 0.05) is 12.6 Å². The van der Waals surface area contributed by atoms with Gasteiger partial charge in [0.2, 0.25) is 0 Å². The average Bonchev–Trinajstić information content (AvgIpc) is 2.63. The number of rotatable bonds is 4. The molecule has 1 heterocycles. The fourth-order valence-corrected chi connectivity index (χ4v) is 1.95. The molecule has 0 saturated carbocycles. The van der Waals surface area contributed by atoms with Crippen molar-refractivity contribution in [1.82, 2.24) is 5.32 Å². The summed E-state index contributed by atoms with van der Waals surface area (Å²) < 4.78 is 10.4. The topological polar surface area (TPSA) is 111 Å². The van der Waals surface area contributed by atoms with Crippen molar-refractivity contribution in [1.29, 1.82) is 0 Å². The number of carboxylic acid groups (broad SMARTS) is 1. The predicted molar refractivity (Wildman–Crippen MR) is 67.8 cm³/mol. The summed E-state index contributed by atoms with van der Waals surface area (Å²) in [6, 6.07) is -0.722. The van der Waals surface area contributed by atoms with Crippen LogP contribution >= 0.6 is 0 Å². The largest absolute Gasteiger partial charge is 0.481 e. The van der Waals surface area contributed by atoms with Crippen molar-refractivity contribution >= 4 is 12.1 Å². The van der Waals surface area contributed by atoms with Gasteiger partial charge >= 0.3 is 12.1 Å². The summed E-state index contributed by atoms with van der Waals surface area (Å²) in [5, 5.41) is 11.5. The van der Waals surface area contributed by atoms with E-state index in [1.165, 1.54) is 0 Å². The van der Waals surface area contributed by atoms with Crippen LogP contribution in [0.1, 0.15) is 33.6 Å². The normalized spacial score (nSPS) is 24.8. The average molecular weight is 274 g/mol. The van der Waals surface area contributed by atoms with Gasteiger partial charge in [0.15, 0.2) is 0 Å². The molecule has 1 fully saturated rings. The van der Waals surface area contributed by atoms with E-state index in [1.54, 1.807) is 20.8 Å². The summed E-state index contributed by atoms with van der Waals surface area (Å²) in [5.41, 5.74) is 4.40. The number of amides is 1. The van der Waals surface area contributed by atoms with Gasteiger partial charge in [-0.1, -0.05) is 0 Å². The number of nitrogens with one attached hydrogen (secondary N) is 1. The molecule has 7 nitrogen and oxygen atoms in total. The molecule has 0 bridgehead atoms. The van der Waals surface area contributed by atoms with Crippen molar-refractivity contribution < 1.29 is 24.2 Å². The number of hydrogen-bond acceptors (Lipinski definition) is 5. The molecule has 4 N–H and O–H groups in total. The van der Waals surface area contributed by atoms with E-state index >= 15 is 0 Å². The molecule has 0 aromatic carbocycles. The molecule has 0 spiro atoms. The maximum Gasteiger partial charge on any atom is 0.408 e. The first-order valence-electron chi connectivity index (χ1n) is 6.21. The first kappa shape index (κ1) is 15.7. The third-order valence-electron chi connectivity index (χ3n) is 2.91. The molecule has 110 valence electrons. The van der Waals surface area contributed by atoms with Crippen molar-refractivity contribution in [2.45, 2.75) is 50.8 Å². The van der Waals surface area contributed by atoms with Gasteiger partial charge in [-0.25, -0.2) is 4.79 Å². The second-order valence-corrected chi connectivity index (χ2v) is 5.79. The molecule has 1 saturated heterocycles. The predicted octanol–water partition coefficient (Wildman–Crippen LogP) is 0.472. The molecule has 0 aliphatic carbocycles. The molecule has 1 rings (SSSR count). The van der Waals surface area contributed by atoms with Gasteiger partial charge in [-0.2, -0.15) is 0 Å². The van der Waals surface area contributed by atoms with Gasteiger partial charge in [0.05, 0.1) is 18.6 Å². The first-order chi connectivity index (χ1) is 8.65. The van der Waals surface area contributed by atoms with Crippen molar-refractivity contribution in [2.24, 2.45) is 5.73 Å². The molecule has 2 unspecified atom stereocenters. The molecule has 0 radical (unpaired) electrons. The summed E-state index contributed by atoms with van der Waals surface area (Å²) in [6.07, 6.45) is -0.376. The lowest BCUT2D eigenvalue weighted by atomic mass is 9.87. The summed E-state index contributed by atoms with van der Waals surface area (Å²) in [7, 11) is 0. The number of carbonyl (C=O) groups is 2. The molecule has 1 aliphatic heterocycles. The summed E-state index contributed by atoms with van der Waals surface area (Å²) in [4.78, 5) is 22.6. The summed E-state index contributed by atoms with van der Waals surface area (Å²) >= 11 is 0. The van der Waals surface area contributed by atoms with Gasteiger partial charge in [0.1, 0.15) is 5.60 Å². The van der Waals surface area contributed by atoms with Crippen LogP contribution < -0.4 is 11.1 Å². The van der Waals surface area contributed by atoms with Crippen molar-refractivity contribution in [2.75, 3.05) is 13.2 Å². The van der Waals surface area contributed by atoms with Crippen LogP contribution in [0.4, 0.5) is 4.79 Å². The summed E-state index contributed by atoms with van der Waals surface area (Å²) in [6.45, 7) is 5.88. The van der Waals surface area contributed by atoms with E-state index in [1.807, 2.05) is 0 Å². The molecule has 7 heteroatoms. The Kier molecular flexibility index (Phi) is 4.75. The lowest BCUT2D eigenvalue weighted by Crippen LogP contribution is -2.61. The Morgan fingerprint density at radius 2 is 2.16 bits per heavy atom. The number of ether oxygens (including phenoxy) is 2. The maximum absolute atomic E-state index is 11.8. The lowest BCUT2D eigenvalue weighted by molar-refractivity contribution is -0.137. The Morgan fingerprint density at radius 1 is 1.53 bits per heavy atom. The number of alkyl carbamates (subject to hydrolysis) is 1. The van der Waals surface area contributed by atoms with Crippen LogP contribution in [0.3, 0.4) is 0 Å². The van der Waals surface area contributed by atoms with E-state index in [4.69, 9.17) is 20.3 Å². The van der Waals surface area contributed by atoms with Gasteiger partial charge in [-0.15, -0.1) is 0 Å². The van der Waals surface area contributed by atoms with Crippen LogP contribution in [-0.4, -0.2) is 47.6 Å². The van der Waals surface area contributed by atoms with Crippen LogP contribution in [0, 0.1) is 0 Å². The summed E-state index contributed by atoms with van der Waals surface area (Å²) in [5.74, 6) is -1.01. The lowest BCUT2D eigenvalue weighted by Gasteiger charge is -2.34. The van der Waals surface area contributed by atoms with E-state index in [2.05, 4.69) is 5.32 Å². The first-order valence-corrected chi connectivity index (χ1v) is 6.21. The monoisotopic (exact) mass is 274 g/mol. The molecule has 0 aromatic heterocycles. The fraction of sp³-hybridized carbons (Fsp3) is 0.833. The van der Waals surface area contributed by atoms with Crippen molar-refractivity contribution in [3.63, 3.8) is 0 Å². The quantitative estimate of drug-likeness (QED) is 0.687. The van der Waals surface area contributed by atoms with Gasteiger partial charge in [-0.3, -0.25) is 4.79 Å². The van der Waals surface area contributed by atoms with Crippen LogP contribution in [0.5, 0.6) is 0 Å². The van der Waals surface area contributed by atoms with Crippen LogP contribution in [-0.2, 0) is 14.3 Å². The molecule has 19 heavy (non-hydrogen) atoms. The van der Waals surface area contributed by atoms with E-state index in [9.17, 15) is 9.59 Å². The third kappa shape index (κ3) is 4.68. The fourth-order valence-electron chi connectivity index (χ4n) is 1.95. The second kappa shape index (κ2) is 5.75. The Balaban J connectivity index is 2.71. The number of nitrogens with two attached hydrogens (primary N) is 1. The highest BCUT2D eigenvalue weighted by Gasteiger charge is 2.43. The second-order valence-electron chi connectivity index (χ2n) is 5.79. The third-order valence-corrected chi connectivity index (χ3v) is 2.91. The Bertz CT molecular complexity index is 345. The highest BCUT2D eigenvalue weighted by Crippen LogP contribution is 2.24. The van der Waals surface area contributed by atoms with Crippen LogP contribution in [0.2, 0.25) is 0 Å².